The summed E-state index contributed by atoms with van der Waals surface area (Å²) in [6.45, 7) is 3.39. The molecule has 9 atom stereocenters. The van der Waals surface area contributed by atoms with Crippen LogP contribution in [0.2, 0.25) is 0 Å². The number of hydrogen-bond acceptors (Lipinski definition) is 10. The van der Waals surface area contributed by atoms with E-state index in [9.17, 15) is 40.5 Å². The van der Waals surface area contributed by atoms with Crippen LogP contribution in [0.3, 0.4) is 0 Å². The van der Waals surface area contributed by atoms with Gasteiger partial charge in [-0.15, -0.1) is 0 Å². The Morgan fingerprint density at radius 2 is 1.09 bits per heavy atom. The van der Waals surface area contributed by atoms with E-state index in [1.54, 1.807) is 0 Å². The number of hydrogen-bond donors (Lipinski definition) is 8. The van der Waals surface area contributed by atoms with Crippen LogP contribution in [-0.4, -0.2) is 110 Å². The highest BCUT2D eigenvalue weighted by atomic mass is 16.7. The summed E-state index contributed by atoms with van der Waals surface area (Å²) in [5.74, 6) is -0.708. The van der Waals surface area contributed by atoms with Gasteiger partial charge in [-0.25, -0.2) is 0 Å². The monoisotopic (exact) mass is 774 g/mol. The molecular weight excluding hydrogens is 690 g/mol. The van der Waals surface area contributed by atoms with E-state index in [1.807, 2.05) is 0 Å². The predicted octanol–water partition coefficient (Wildman–Crippen LogP) is 6.50. The molecule has 0 spiro atoms. The summed E-state index contributed by atoms with van der Waals surface area (Å²) in [6.07, 6.45) is 22.7. The van der Waals surface area contributed by atoms with Gasteiger partial charge in [-0.05, 0) is 38.5 Å². The molecule has 11 heteroatoms. The number of ether oxygens (including phenoxy) is 2. The number of nitrogens with one attached hydrogen (secondary N) is 1. The van der Waals surface area contributed by atoms with Gasteiger partial charge >= 0.3 is 0 Å². The maximum absolute atomic E-state index is 13.0. The van der Waals surface area contributed by atoms with Gasteiger partial charge in [0.25, 0.3) is 0 Å². The summed E-state index contributed by atoms with van der Waals surface area (Å²) >= 11 is 0. The zero-order chi connectivity index (χ0) is 39.8. The van der Waals surface area contributed by atoms with Crippen LogP contribution in [0.25, 0.3) is 0 Å². The maximum Gasteiger partial charge on any atom is 0.249 e. The molecule has 11 nitrogen and oxygen atoms in total. The number of carbonyl (C=O) groups is 1. The Labute approximate surface area is 328 Å². The molecule has 0 aromatic rings. The minimum atomic E-state index is -1.66. The molecule has 8 N–H and O–H groups in total. The smallest absolute Gasteiger partial charge is 0.249 e. The Balaban J connectivity index is 2.49. The molecule has 0 radical (unpaired) electrons. The molecule has 0 aliphatic carbocycles. The predicted molar refractivity (Wildman–Crippen MR) is 215 cm³/mol. The third-order valence-electron chi connectivity index (χ3n) is 10.8. The fraction of sp³-hybridized carbons (Fsp3) is 0.930. The summed E-state index contributed by atoms with van der Waals surface area (Å²) in [6, 6.07) is -1.18. The first kappa shape index (κ1) is 50.9. The number of aliphatic hydroxyl groups excluding tert-OH is 7. The maximum atomic E-state index is 13.0. The molecule has 1 aliphatic heterocycles. The standard InChI is InChI=1S/C43H83NO10/c1-3-5-7-9-11-13-15-16-17-18-19-20-21-23-24-26-28-30-35(46)38(48)34(33-53-43-41(51)40(50)39(49)37(32-45)54-43)44-42(52)36(47)31-29-27-25-22-14-12-10-8-6-4-2/h23-24,34-41,43,45-51H,3-22,25-33H2,1-2H3,(H,44,52)/b24-23+. The van der Waals surface area contributed by atoms with Crippen molar-refractivity contribution in [3.05, 3.63) is 12.2 Å². The Morgan fingerprint density at radius 1 is 0.630 bits per heavy atom. The van der Waals surface area contributed by atoms with Crippen molar-refractivity contribution in [3.63, 3.8) is 0 Å². The molecule has 0 aromatic heterocycles. The lowest BCUT2D eigenvalue weighted by molar-refractivity contribution is -0.303. The number of carbonyl (C=O) groups excluding carboxylic acids is 1. The Kier molecular flexibility index (Phi) is 32.0. The van der Waals surface area contributed by atoms with E-state index in [0.29, 0.717) is 12.8 Å². The summed E-state index contributed by atoms with van der Waals surface area (Å²) in [4.78, 5) is 13.0. The lowest BCUT2D eigenvalue weighted by atomic mass is 9.98. The lowest BCUT2D eigenvalue weighted by Gasteiger charge is -2.40. The number of amides is 1. The van der Waals surface area contributed by atoms with Crippen LogP contribution in [0.4, 0.5) is 0 Å². The SMILES string of the molecule is CCCCCCCCCCCCCC/C=C/CCCC(O)C(O)C(COC1OC(CO)C(O)C(O)C1O)NC(=O)C(O)CCCCCCCCCCCC. The van der Waals surface area contributed by atoms with E-state index in [2.05, 4.69) is 31.3 Å². The van der Waals surface area contributed by atoms with Crippen molar-refractivity contribution in [2.24, 2.45) is 0 Å². The van der Waals surface area contributed by atoms with Crippen LogP contribution >= 0.6 is 0 Å². The van der Waals surface area contributed by atoms with Crippen molar-refractivity contribution in [1.29, 1.82) is 0 Å². The molecule has 54 heavy (non-hydrogen) atoms. The summed E-state index contributed by atoms with van der Waals surface area (Å²) in [5.41, 5.74) is 0. The van der Waals surface area contributed by atoms with Crippen molar-refractivity contribution in [2.45, 2.75) is 242 Å². The summed E-state index contributed by atoms with van der Waals surface area (Å²) in [7, 11) is 0. The fourth-order valence-corrected chi connectivity index (χ4v) is 7.09. The lowest BCUT2D eigenvalue weighted by Crippen LogP contribution is -2.60. The minimum Gasteiger partial charge on any atom is -0.394 e. The number of rotatable bonds is 36. The molecule has 0 aromatic carbocycles. The molecule has 1 heterocycles. The highest BCUT2D eigenvalue weighted by Gasteiger charge is 2.44. The van der Waals surface area contributed by atoms with Crippen molar-refractivity contribution >= 4 is 5.91 Å². The zero-order valence-electron chi connectivity index (χ0n) is 34.2. The summed E-state index contributed by atoms with van der Waals surface area (Å²) < 4.78 is 11.0. The second-order valence-corrected chi connectivity index (χ2v) is 15.8. The van der Waals surface area contributed by atoms with E-state index in [0.717, 1.165) is 38.5 Å². The second kappa shape index (κ2) is 33.9. The van der Waals surface area contributed by atoms with Crippen molar-refractivity contribution < 1.29 is 50.0 Å². The summed E-state index contributed by atoms with van der Waals surface area (Å²) in [5, 5.41) is 75.4. The average Bonchev–Trinajstić information content (AvgIpc) is 3.17. The van der Waals surface area contributed by atoms with Gasteiger partial charge in [0.2, 0.25) is 5.91 Å². The van der Waals surface area contributed by atoms with Crippen molar-refractivity contribution in [2.75, 3.05) is 13.2 Å². The van der Waals surface area contributed by atoms with Crippen LogP contribution in [0.5, 0.6) is 0 Å². The minimum absolute atomic E-state index is 0.257. The third-order valence-corrected chi connectivity index (χ3v) is 10.8. The molecular formula is C43H83NO10. The number of allylic oxidation sites excluding steroid dienone is 2. The largest absolute Gasteiger partial charge is 0.394 e. The van der Waals surface area contributed by atoms with Gasteiger partial charge in [-0.1, -0.05) is 161 Å². The van der Waals surface area contributed by atoms with E-state index in [1.165, 1.54) is 109 Å². The van der Waals surface area contributed by atoms with Crippen LogP contribution in [-0.2, 0) is 14.3 Å². The molecule has 1 rings (SSSR count). The third kappa shape index (κ3) is 23.8. The Morgan fingerprint density at radius 3 is 1.59 bits per heavy atom. The number of unbranched alkanes of at least 4 members (excludes halogenated alkanes) is 22. The van der Waals surface area contributed by atoms with Crippen LogP contribution in [0.15, 0.2) is 12.2 Å². The molecule has 320 valence electrons. The Bertz CT molecular complexity index is 892. The van der Waals surface area contributed by atoms with Gasteiger partial charge in [0.1, 0.15) is 36.6 Å². The topological polar surface area (TPSA) is 189 Å². The van der Waals surface area contributed by atoms with Gasteiger partial charge in [0.15, 0.2) is 6.29 Å². The molecule has 1 aliphatic rings. The highest BCUT2D eigenvalue weighted by Crippen LogP contribution is 2.23. The molecule has 1 amide bonds. The average molecular weight is 774 g/mol. The molecule has 1 saturated heterocycles. The van der Waals surface area contributed by atoms with Gasteiger partial charge in [0, 0.05) is 0 Å². The van der Waals surface area contributed by atoms with Gasteiger partial charge in [-0.3, -0.25) is 4.79 Å². The first-order valence-electron chi connectivity index (χ1n) is 22.1. The normalized spacial score (nSPS) is 22.7. The number of aliphatic hydroxyl groups is 7. The van der Waals surface area contributed by atoms with Crippen molar-refractivity contribution in [3.8, 4) is 0 Å². The quantitative estimate of drug-likeness (QED) is 0.0258. The van der Waals surface area contributed by atoms with Crippen molar-refractivity contribution in [1.82, 2.24) is 5.32 Å². The molecule has 0 bridgehead atoms. The molecule has 9 unspecified atom stereocenters. The fourth-order valence-electron chi connectivity index (χ4n) is 7.09. The first-order valence-corrected chi connectivity index (χ1v) is 22.1. The zero-order valence-corrected chi connectivity index (χ0v) is 34.2. The molecule has 1 fully saturated rings. The van der Waals surface area contributed by atoms with Crippen LogP contribution < -0.4 is 5.32 Å². The van der Waals surface area contributed by atoms with Crippen LogP contribution in [0.1, 0.15) is 187 Å². The Hall–Kier alpha value is -1.15. The van der Waals surface area contributed by atoms with E-state index in [-0.39, 0.29) is 12.8 Å². The van der Waals surface area contributed by atoms with Crippen LogP contribution in [0, 0.1) is 0 Å². The van der Waals surface area contributed by atoms with Gasteiger partial charge < -0.3 is 50.5 Å². The first-order chi connectivity index (χ1) is 26.2. The molecule has 0 saturated carbocycles. The van der Waals surface area contributed by atoms with E-state index in [4.69, 9.17) is 9.47 Å². The highest BCUT2D eigenvalue weighted by molar-refractivity contribution is 5.80. The van der Waals surface area contributed by atoms with Gasteiger partial charge in [0.05, 0.1) is 25.4 Å². The second-order valence-electron chi connectivity index (χ2n) is 15.8. The van der Waals surface area contributed by atoms with E-state index < -0.39 is 74.2 Å². The van der Waals surface area contributed by atoms with E-state index >= 15 is 0 Å². The van der Waals surface area contributed by atoms with Gasteiger partial charge in [-0.2, -0.15) is 0 Å².